The topological polar surface area (TPSA) is 30.5 Å². The van der Waals surface area contributed by atoms with Crippen LogP contribution in [0.5, 0.6) is 11.5 Å². The maximum atomic E-state index is 6.50. The number of fused-ring (bicyclic) bond motifs is 1. The molecule has 1 fully saturated rings. The van der Waals surface area contributed by atoms with Gasteiger partial charge in [0.2, 0.25) is 0 Å². The van der Waals surface area contributed by atoms with E-state index in [0.717, 1.165) is 22.1 Å². The lowest BCUT2D eigenvalue weighted by Gasteiger charge is -2.35. The van der Waals surface area contributed by atoms with E-state index in [9.17, 15) is 0 Å². The van der Waals surface area contributed by atoms with E-state index in [-0.39, 0.29) is 11.5 Å². The molecule has 0 saturated heterocycles. The smallest absolute Gasteiger partial charge is 0.162 e. The predicted molar refractivity (Wildman–Crippen MR) is 80.8 cm³/mol. The quantitative estimate of drug-likeness (QED) is 0.916. The Bertz CT molecular complexity index is 497. The number of halogens is 1. The number of ether oxygens (including phenoxy) is 2. The Balaban J connectivity index is 1.99. The number of hydrogen-bond donors (Lipinski definition) is 1. The molecule has 1 unspecified atom stereocenters. The zero-order chi connectivity index (χ0) is 14.2. The molecule has 0 amide bonds. The van der Waals surface area contributed by atoms with Crippen molar-refractivity contribution in [1.29, 1.82) is 0 Å². The van der Waals surface area contributed by atoms with Gasteiger partial charge in [0.25, 0.3) is 0 Å². The highest BCUT2D eigenvalue weighted by atomic mass is 35.5. The molecule has 1 atom stereocenters. The lowest BCUT2D eigenvalue weighted by molar-refractivity contribution is 0.170. The van der Waals surface area contributed by atoms with Crippen LogP contribution in [0.4, 0.5) is 0 Å². The maximum absolute atomic E-state index is 6.50. The Labute approximate surface area is 125 Å². The predicted octanol–water partition coefficient (Wildman–Crippen LogP) is 3.95. The van der Waals surface area contributed by atoms with Crippen molar-refractivity contribution in [3.63, 3.8) is 0 Å². The minimum Gasteiger partial charge on any atom is -0.486 e. The maximum Gasteiger partial charge on any atom is 0.162 e. The van der Waals surface area contributed by atoms with Crippen LogP contribution in [0.1, 0.15) is 44.2 Å². The molecule has 0 aromatic heterocycles. The third-order valence-corrected chi connectivity index (χ3v) is 5.03. The van der Waals surface area contributed by atoms with Gasteiger partial charge >= 0.3 is 0 Å². The molecule has 1 N–H and O–H groups in total. The molecule has 4 heteroatoms. The first-order valence-electron chi connectivity index (χ1n) is 7.40. The van der Waals surface area contributed by atoms with E-state index in [2.05, 4.69) is 18.3 Å². The van der Waals surface area contributed by atoms with Crippen molar-refractivity contribution in [3.05, 3.63) is 22.7 Å². The van der Waals surface area contributed by atoms with Gasteiger partial charge in [0.05, 0.1) is 0 Å². The van der Waals surface area contributed by atoms with Gasteiger partial charge in [-0.3, -0.25) is 0 Å². The van der Waals surface area contributed by atoms with Gasteiger partial charge in [-0.25, -0.2) is 0 Å². The van der Waals surface area contributed by atoms with Crippen molar-refractivity contribution in [2.45, 2.75) is 38.6 Å². The fourth-order valence-corrected chi connectivity index (χ4v) is 3.91. The summed E-state index contributed by atoms with van der Waals surface area (Å²) in [6, 6.07) is 4.21. The molecule has 1 saturated carbocycles. The molecule has 2 aliphatic rings. The highest BCUT2D eigenvalue weighted by molar-refractivity contribution is 6.31. The lowest BCUT2D eigenvalue weighted by atomic mass is 9.77. The third kappa shape index (κ3) is 2.38. The van der Waals surface area contributed by atoms with Crippen LogP contribution in [-0.4, -0.2) is 20.3 Å². The van der Waals surface area contributed by atoms with E-state index in [1.54, 1.807) is 0 Å². The normalized spacial score (nSPS) is 21.8. The van der Waals surface area contributed by atoms with Gasteiger partial charge in [-0.05, 0) is 36.9 Å². The van der Waals surface area contributed by atoms with Gasteiger partial charge < -0.3 is 14.8 Å². The zero-order valence-electron chi connectivity index (χ0n) is 12.2. The molecule has 0 radical (unpaired) electrons. The van der Waals surface area contributed by atoms with Crippen molar-refractivity contribution >= 4 is 11.6 Å². The monoisotopic (exact) mass is 295 g/mol. The van der Waals surface area contributed by atoms with E-state index in [1.165, 1.54) is 25.7 Å². The molecule has 20 heavy (non-hydrogen) atoms. The number of benzene rings is 1. The van der Waals surface area contributed by atoms with Gasteiger partial charge in [0, 0.05) is 17.1 Å². The van der Waals surface area contributed by atoms with Crippen LogP contribution in [0.3, 0.4) is 0 Å². The van der Waals surface area contributed by atoms with Crippen LogP contribution in [0, 0.1) is 5.41 Å². The van der Waals surface area contributed by atoms with Crippen LogP contribution >= 0.6 is 11.6 Å². The van der Waals surface area contributed by atoms with Crippen molar-refractivity contribution in [1.82, 2.24) is 5.32 Å². The Kier molecular flexibility index (Phi) is 3.83. The highest BCUT2D eigenvalue weighted by Crippen LogP contribution is 2.50. The number of hydrogen-bond acceptors (Lipinski definition) is 3. The summed E-state index contributed by atoms with van der Waals surface area (Å²) in [6.07, 6.45) is 5.08. The second-order valence-corrected chi connectivity index (χ2v) is 6.51. The van der Waals surface area contributed by atoms with E-state index >= 15 is 0 Å². The fraction of sp³-hybridized carbons (Fsp3) is 0.625. The summed E-state index contributed by atoms with van der Waals surface area (Å²) in [4.78, 5) is 0. The van der Waals surface area contributed by atoms with E-state index < -0.39 is 0 Å². The van der Waals surface area contributed by atoms with Crippen molar-refractivity contribution in [2.24, 2.45) is 5.41 Å². The van der Waals surface area contributed by atoms with Gasteiger partial charge in [-0.1, -0.05) is 31.4 Å². The molecular weight excluding hydrogens is 274 g/mol. The molecule has 0 spiro atoms. The first-order chi connectivity index (χ1) is 9.64. The number of rotatable bonds is 3. The molecule has 110 valence electrons. The summed E-state index contributed by atoms with van der Waals surface area (Å²) < 4.78 is 11.3. The molecule has 1 aromatic rings. The van der Waals surface area contributed by atoms with Crippen LogP contribution in [-0.2, 0) is 0 Å². The standard InChI is InChI=1S/C16H22ClNO2/c1-16(5-3-4-6-16)15(18-2)11-9-13-14(10-12(11)17)20-8-7-19-13/h9-10,15,18H,3-8H2,1-2H3. The first-order valence-corrected chi connectivity index (χ1v) is 7.78. The van der Waals surface area contributed by atoms with Gasteiger partial charge in [-0.15, -0.1) is 0 Å². The fourth-order valence-electron chi connectivity index (χ4n) is 3.65. The second kappa shape index (κ2) is 5.45. The van der Waals surface area contributed by atoms with Crippen LogP contribution < -0.4 is 14.8 Å². The average molecular weight is 296 g/mol. The van der Waals surface area contributed by atoms with E-state index in [1.807, 2.05) is 13.1 Å². The molecule has 1 aliphatic heterocycles. The van der Waals surface area contributed by atoms with Gasteiger partial charge in [0.1, 0.15) is 13.2 Å². The van der Waals surface area contributed by atoms with E-state index in [0.29, 0.717) is 13.2 Å². The van der Waals surface area contributed by atoms with Crippen molar-refractivity contribution < 1.29 is 9.47 Å². The molecule has 3 rings (SSSR count). The highest BCUT2D eigenvalue weighted by Gasteiger charge is 2.38. The summed E-state index contributed by atoms with van der Waals surface area (Å²) in [5.41, 5.74) is 1.39. The van der Waals surface area contributed by atoms with Crippen LogP contribution in [0.2, 0.25) is 5.02 Å². The molecule has 1 heterocycles. The first kappa shape index (κ1) is 14.0. The molecule has 3 nitrogen and oxygen atoms in total. The van der Waals surface area contributed by atoms with Crippen LogP contribution in [0.25, 0.3) is 0 Å². The Morgan fingerprint density at radius 2 is 1.75 bits per heavy atom. The minimum absolute atomic E-state index is 0.258. The number of nitrogens with one attached hydrogen (secondary N) is 1. The Hall–Kier alpha value is -0.930. The largest absolute Gasteiger partial charge is 0.486 e. The molecular formula is C16H22ClNO2. The van der Waals surface area contributed by atoms with Crippen LogP contribution in [0.15, 0.2) is 12.1 Å². The lowest BCUT2D eigenvalue weighted by Crippen LogP contribution is -2.32. The van der Waals surface area contributed by atoms with Crippen molar-refractivity contribution in [2.75, 3.05) is 20.3 Å². The van der Waals surface area contributed by atoms with Crippen molar-refractivity contribution in [3.8, 4) is 11.5 Å². The minimum atomic E-state index is 0.258. The summed E-state index contributed by atoms with van der Waals surface area (Å²) in [5, 5.41) is 4.23. The summed E-state index contributed by atoms with van der Waals surface area (Å²) >= 11 is 6.50. The summed E-state index contributed by atoms with van der Waals surface area (Å²) in [5.74, 6) is 1.58. The Morgan fingerprint density at radius 3 is 2.35 bits per heavy atom. The molecule has 1 aromatic carbocycles. The molecule has 1 aliphatic carbocycles. The molecule has 0 bridgehead atoms. The van der Waals surface area contributed by atoms with Gasteiger partial charge in [0.15, 0.2) is 11.5 Å². The van der Waals surface area contributed by atoms with Gasteiger partial charge in [-0.2, -0.15) is 0 Å². The SMILES string of the molecule is CNC(c1cc2c(cc1Cl)OCCO2)C1(C)CCCC1. The summed E-state index contributed by atoms with van der Waals surface area (Å²) in [7, 11) is 2.02. The second-order valence-electron chi connectivity index (χ2n) is 6.10. The third-order valence-electron chi connectivity index (χ3n) is 4.70. The summed E-state index contributed by atoms with van der Waals surface area (Å²) in [6.45, 7) is 3.56. The average Bonchev–Trinajstić information content (AvgIpc) is 2.88. The van der Waals surface area contributed by atoms with E-state index in [4.69, 9.17) is 21.1 Å². The Morgan fingerprint density at radius 1 is 1.15 bits per heavy atom. The zero-order valence-corrected chi connectivity index (χ0v) is 12.9.